The zero-order valence-corrected chi connectivity index (χ0v) is 10.8. The minimum absolute atomic E-state index is 0.0577. The molecular formula is C12H16FNO2S. The minimum atomic E-state index is -0.510. The summed E-state index contributed by atoms with van der Waals surface area (Å²) in [6, 6.07) is 3.41. The van der Waals surface area contributed by atoms with Crippen LogP contribution in [0.2, 0.25) is 0 Å². The lowest BCUT2D eigenvalue weighted by Crippen LogP contribution is -2.15. The van der Waals surface area contributed by atoms with Gasteiger partial charge in [0.25, 0.3) is 0 Å². The second kappa shape index (κ2) is 6.61. The van der Waals surface area contributed by atoms with Crippen molar-refractivity contribution >= 4 is 17.5 Å². The molecule has 1 aromatic carbocycles. The minimum Gasteiger partial charge on any atom is -0.507 e. The van der Waals surface area contributed by atoms with Crippen LogP contribution in [0.4, 0.5) is 4.39 Å². The zero-order chi connectivity index (χ0) is 12.8. The summed E-state index contributed by atoms with van der Waals surface area (Å²) in [6.45, 7) is 0.882. The number of Topliss-reactive ketones (excluding diaryl/α,β-unsaturated/α-hetero) is 1. The highest BCUT2D eigenvalue weighted by atomic mass is 32.2. The first-order chi connectivity index (χ1) is 8.00. The van der Waals surface area contributed by atoms with E-state index in [2.05, 4.69) is 0 Å². The Morgan fingerprint density at radius 1 is 1.47 bits per heavy atom. The summed E-state index contributed by atoms with van der Waals surface area (Å²) in [4.78, 5) is 13.7. The van der Waals surface area contributed by atoms with Crippen molar-refractivity contribution in [2.75, 3.05) is 32.1 Å². The molecule has 94 valence electrons. The molecule has 0 fully saturated rings. The van der Waals surface area contributed by atoms with E-state index in [0.29, 0.717) is 0 Å². The summed E-state index contributed by atoms with van der Waals surface area (Å²) in [5.41, 5.74) is 0.0577. The highest BCUT2D eigenvalue weighted by molar-refractivity contribution is 8.00. The molecule has 3 nitrogen and oxygen atoms in total. The Kier molecular flexibility index (Phi) is 5.44. The molecule has 5 heteroatoms. The number of halogens is 1. The lowest BCUT2D eigenvalue weighted by Gasteiger charge is -2.08. The molecule has 0 heterocycles. The van der Waals surface area contributed by atoms with Gasteiger partial charge in [-0.25, -0.2) is 4.39 Å². The van der Waals surface area contributed by atoms with Crippen molar-refractivity contribution in [1.29, 1.82) is 0 Å². The molecule has 0 spiro atoms. The Hall–Kier alpha value is -1.07. The molecule has 1 rings (SSSR count). The predicted octanol–water partition coefficient (Wildman–Crippen LogP) is 2.01. The van der Waals surface area contributed by atoms with E-state index in [1.54, 1.807) is 0 Å². The number of phenols is 1. The maximum absolute atomic E-state index is 12.9. The second-order valence-electron chi connectivity index (χ2n) is 3.94. The molecular weight excluding hydrogens is 241 g/mol. The number of phenolic OH excluding ortho intramolecular Hbond substituents is 1. The number of thioether (sulfide) groups is 1. The maximum atomic E-state index is 12.9. The van der Waals surface area contributed by atoms with Crippen molar-refractivity contribution in [2.24, 2.45) is 0 Å². The van der Waals surface area contributed by atoms with Crippen molar-refractivity contribution in [1.82, 2.24) is 4.90 Å². The fourth-order valence-electron chi connectivity index (χ4n) is 1.22. The van der Waals surface area contributed by atoms with Gasteiger partial charge in [-0.05, 0) is 32.3 Å². The summed E-state index contributed by atoms with van der Waals surface area (Å²) >= 11 is 1.47. The zero-order valence-electron chi connectivity index (χ0n) is 9.94. The molecule has 0 saturated heterocycles. The van der Waals surface area contributed by atoms with Gasteiger partial charge in [0.2, 0.25) is 0 Å². The van der Waals surface area contributed by atoms with Gasteiger partial charge in [0.05, 0.1) is 11.3 Å². The van der Waals surface area contributed by atoms with Crippen molar-refractivity contribution < 1.29 is 14.3 Å². The Balaban J connectivity index is 2.49. The van der Waals surface area contributed by atoms with Crippen LogP contribution >= 0.6 is 11.8 Å². The highest BCUT2D eigenvalue weighted by Crippen LogP contribution is 2.19. The molecule has 0 aliphatic carbocycles. The van der Waals surface area contributed by atoms with E-state index in [9.17, 15) is 14.3 Å². The molecule has 0 amide bonds. The third kappa shape index (κ3) is 4.75. The number of carbonyl (C=O) groups excluding carboxylic acids is 1. The normalized spacial score (nSPS) is 10.8. The number of rotatable bonds is 6. The van der Waals surface area contributed by atoms with Crippen LogP contribution < -0.4 is 0 Å². The molecule has 0 bridgehead atoms. The fourth-order valence-corrected chi connectivity index (χ4v) is 2.20. The van der Waals surface area contributed by atoms with Gasteiger partial charge in [-0.3, -0.25) is 4.79 Å². The lowest BCUT2D eigenvalue weighted by atomic mass is 10.1. The van der Waals surface area contributed by atoms with E-state index in [-0.39, 0.29) is 22.8 Å². The second-order valence-corrected chi connectivity index (χ2v) is 5.05. The van der Waals surface area contributed by atoms with Crippen LogP contribution in [-0.2, 0) is 0 Å². The van der Waals surface area contributed by atoms with Gasteiger partial charge >= 0.3 is 0 Å². The first-order valence-electron chi connectivity index (χ1n) is 5.25. The molecule has 0 unspecified atom stereocenters. The van der Waals surface area contributed by atoms with Gasteiger partial charge in [0.15, 0.2) is 5.78 Å². The number of carbonyl (C=O) groups is 1. The van der Waals surface area contributed by atoms with E-state index in [1.807, 2.05) is 19.0 Å². The number of hydrogen-bond donors (Lipinski definition) is 1. The third-order valence-corrected chi connectivity index (χ3v) is 3.11. The largest absolute Gasteiger partial charge is 0.507 e. The highest BCUT2D eigenvalue weighted by Gasteiger charge is 2.12. The Morgan fingerprint density at radius 2 is 2.18 bits per heavy atom. The smallest absolute Gasteiger partial charge is 0.176 e. The van der Waals surface area contributed by atoms with E-state index in [0.717, 1.165) is 24.4 Å². The number of ketones is 1. The summed E-state index contributed by atoms with van der Waals surface area (Å²) in [7, 11) is 3.92. The van der Waals surface area contributed by atoms with Gasteiger partial charge in [0, 0.05) is 12.3 Å². The maximum Gasteiger partial charge on any atom is 0.176 e. The van der Waals surface area contributed by atoms with Gasteiger partial charge < -0.3 is 10.0 Å². The topological polar surface area (TPSA) is 40.5 Å². The van der Waals surface area contributed by atoms with Crippen LogP contribution in [0.15, 0.2) is 18.2 Å². The van der Waals surface area contributed by atoms with Gasteiger partial charge in [0.1, 0.15) is 11.6 Å². The van der Waals surface area contributed by atoms with Crippen molar-refractivity contribution in [3.63, 3.8) is 0 Å². The van der Waals surface area contributed by atoms with Crippen LogP contribution in [-0.4, -0.2) is 47.9 Å². The van der Waals surface area contributed by atoms with Crippen molar-refractivity contribution in [2.45, 2.75) is 0 Å². The summed E-state index contributed by atoms with van der Waals surface area (Å²) in [6.07, 6.45) is 0. The first kappa shape index (κ1) is 14.0. The van der Waals surface area contributed by atoms with E-state index in [1.165, 1.54) is 17.8 Å². The van der Waals surface area contributed by atoms with E-state index < -0.39 is 5.82 Å². The average molecular weight is 257 g/mol. The van der Waals surface area contributed by atoms with E-state index in [4.69, 9.17) is 0 Å². The summed E-state index contributed by atoms with van der Waals surface area (Å²) < 4.78 is 12.9. The number of benzene rings is 1. The fraction of sp³-hybridized carbons (Fsp3) is 0.417. The van der Waals surface area contributed by atoms with Gasteiger partial charge in [-0.2, -0.15) is 11.8 Å². The predicted molar refractivity (Wildman–Crippen MR) is 68.3 cm³/mol. The Labute approximate surface area is 105 Å². The van der Waals surface area contributed by atoms with Crippen LogP contribution in [0.1, 0.15) is 10.4 Å². The van der Waals surface area contributed by atoms with Gasteiger partial charge in [-0.15, -0.1) is 0 Å². The van der Waals surface area contributed by atoms with Crippen molar-refractivity contribution in [3.05, 3.63) is 29.6 Å². The quantitative estimate of drug-likeness (QED) is 0.625. The van der Waals surface area contributed by atoms with Crippen LogP contribution in [0.25, 0.3) is 0 Å². The van der Waals surface area contributed by atoms with Crippen molar-refractivity contribution in [3.8, 4) is 5.75 Å². The third-order valence-electron chi connectivity index (χ3n) is 2.18. The molecule has 0 aromatic heterocycles. The standard InChI is InChI=1S/C12H16FNO2S/c1-14(2)5-6-17-8-12(16)10-7-9(13)3-4-11(10)15/h3-4,7,15H,5-6,8H2,1-2H3. The summed E-state index contributed by atoms with van der Waals surface area (Å²) in [5.74, 6) is 0.166. The van der Waals surface area contributed by atoms with E-state index >= 15 is 0 Å². The van der Waals surface area contributed by atoms with Crippen LogP contribution in [0.3, 0.4) is 0 Å². The molecule has 0 aliphatic heterocycles. The molecule has 1 N–H and O–H groups in total. The number of aromatic hydroxyl groups is 1. The molecule has 0 aliphatic rings. The monoisotopic (exact) mass is 257 g/mol. The van der Waals surface area contributed by atoms with Crippen LogP contribution in [0, 0.1) is 5.82 Å². The average Bonchev–Trinajstić information content (AvgIpc) is 2.27. The molecule has 1 aromatic rings. The molecule has 0 saturated carbocycles. The number of hydrogen-bond acceptors (Lipinski definition) is 4. The molecule has 0 atom stereocenters. The number of nitrogens with zero attached hydrogens (tertiary/aromatic N) is 1. The Bertz CT molecular complexity index is 396. The SMILES string of the molecule is CN(C)CCSCC(=O)c1cc(F)ccc1O. The first-order valence-corrected chi connectivity index (χ1v) is 6.40. The molecule has 0 radical (unpaired) electrons. The Morgan fingerprint density at radius 3 is 2.82 bits per heavy atom. The summed E-state index contributed by atoms with van der Waals surface area (Å²) in [5, 5.41) is 9.45. The van der Waals surface area contributed by atoms with Gasteiger partial charge in [-0.1, -0.05) is 0 Å². The van der Waals surface area contributed by atoms with Crippen LogP contribution in [0.5, 0.6) is 5.75 Å². The molecule has 17 heavy (non-hydrogen) atoms. The lowest BCUT2D eigenvalue weighted by molar-refractivity contribution is 0.101.